The van der Waals surface area contributed by atoms with Gasteiger partial charge in [0.15, 0.2) is 0 Å². The van der Waals surface area contributed by atoms with E-state index in [1.807, 2.05) is 12.1 Å². The third kappa shape index (κ3) is 3.50. The van der Waals surface area contributed by atoms with E-state index >= 15 is 0 Å². The highest BCUT2D eigenvalue weighted by molar-refractivity contribution is 5.24. The number of hydrogen-bond donors (Lipinski definition) is 0. The highest BCUT2D eigenvalue weighted by atomic mass is 15.1. The highest BCUT2D eigenvalue weighted by Crippen LogP contribution is 2.14. The van der Waals surface area contributed by atoms with Gasteiger partial charge in [-0.3, -0.25) is 0 Å². The molecule has 1 aromatic rings. The van der Waals surface area contributed by atoms with Crippen molar-refractivity contribution in [3.63, 3.8) is 0 Å². The maximum absolute atomic E-state index is 8.13. The second-order valence-corrected chi connectivity index (χ2v) is 3.29. The van der Waals surface area contributed by atoms with Gasteiger partial charge in [-0.25, -0.2) is 0 Å². The molecule has 0 amide bonds. The first-order chi connectivity index (χ1) is 6.24. The average Bonchev–Trinajstić information content (AvgIpc) is 2.15. The molecule has 0 aliphatic carbocycles. The fourth-order valence-electron chi connectivity index (χ4n) is 1.12. The zero-order chi connectivity index (χ0) is 9.68. The minimum absolute atomic E-state index is 0. The molecule has 0 bridgehead atoms. The Balaban J connectivity index is 0.00000169. The highest BCUT2D eigenvalue weighted by Gasteiger charge is 1.97. The van der Waals surface area contributed by atoms with Crippen LogP contribution in [0.4, 0.5) is 0 Å². The third-order valence-electron chi connectivity index (χ3n) is 1.96. The second kappa shape index (κ2) is 6.06. The van der Waals surface area contributed by atoms with Crippen molar-refractivity contribution in [1.82, 2.24) is 0 Å². The molecule has 14 heavy (non-hydrogen) atoms. The monoisotopic (exact) mass is 191 g/mol. The molecule has 1 rings (SSSR count). The Morgan fingerprint density at radius 1 is 1.29 bits per heavy atom. The number of nitrogens with zero attached hydrogens (tertiary/aromatic N) is 3. The first-order valence-electron chi connectivity index (χ1n) is 4.33. The lowest BCUT2D eigenvalue weighted by Gasteiger charge is -2.04. The molecule has 0 radical (unpaired) electrons. The fraction of sp³-hybridized carbons (Fsp3) is 0.455. The van der Waals surface area contributed by atoms with E-state index in [4.69, 9.17) is 5.53 Å². The molecular formula is C11H17N3. The van der Waals surface area contributed by atoms with Crippen molar-refractivity contribution in [2.75, 3.05) is 0 Å². The summed E-state index contributed by atoms with van der Waals surface area (Å²) < 4.78 is 0. The summed E-state index contributed by atoms with van der Waals surface area (Å²) in [6.07, 6.45) is 0. The Labute approximate surface area is 85.4 Å². The van der Waals surface area contributed by atoms with Crippen LogP contribution in [0.3, 0.4) is 0 Å². The maximum atomic E-state index is 8.13. The van der Waals surface area contributed by atoms with Crippen LogP contribution in [0.2, 0.25) is 0 Å². The molecule has 0 saturated carbocycles. The summed E-state index contributed by atoms with van der Waals surface area (Å²) in [4.78, 5) is 2.71. The molecule has 0 N–H and O–H groups in total. The molecule has 0 saturated heterocycles. The van der Waals surface area contributed by atoms with Crippen LogP contribution in [0.15, 0.2) is 29.4 Å². The standard InChI is InChI=1S/C10H13N3.CH4/c1-8(2)10-5-3-9(4-6-10)7-12-13-11;/h3-6,8H,7H2,1-2H3;1H4. The van der Waals surface area contributed by atoms with Gasteiger partial charge in [0.05, 0.1) is 6.54 Å². The molecule has 0 unspecified atom stereocenters. The van der Waals surface area contributed by atoms with E-state index in [-0.39, 0.29) is 7.43 Å². The van der Waals surface area contributed by atoms with E-state index < -0.39 is 0 Å². The first-order valence-corrected chi connectivity index (χ1v) is 4.33. The minimum atomic E-state index is 0. The van der Waals surface area contributed by atoms with Crippen molar-refractivity contribution in [1.29, 1.82) is 0 Å². The number of azide groups is 1. The molecule has 0 heterocycles. The van der Waals surface area contributed by atoms with Crippen LogP contribution >= 0.6 is 0 Å². The van der Waals surface area contributed by atoms with Gasteiger partial charge in [-0.15, -0.1) is 0 Å². The molecule has 0 aliphatic rings. The largest absolute Gasteiger partial charge is 0.0893 e. The topological polar surface area (TPSA) is 48.8 Å². The fourth-order valence-corrected chi connectivity index (χ4v) is 1.12. The van der Waals surface area contributed by atoms with Gasteiger partial charge in [0, 0.05) is 4.91 Å². The van der Waals surface area contributed by atoms with Gasteiger partial charge in [-0.1, -0.05) is 50.7 Å². The number of rotatable bonds is 3. The van der Waals surface area contributed by atoms with Crippen LogP contribution in [0.1, 0.15) is 38.3 Å². The lowest BCUT2D eigenvalue weighted by atomic mass is 10.0. The van der Waals surface area contributed by atoms with Crippen molar-refractivity contribution >= 4 is 0 Å². The van der Waals surface area contributed by atoms with Crippen molar-refractivity contribution in [2.45, 2.75) is 33.7 Å². The molecule has 3 heteroatoms. The third-order valence-corrected chi connectivity index (χ3v) is 1.96. The Morgan fingerprint density at radius 2 is 1.86 bits per heavy atom. The molecular weight excluding hydrogens is 174 g/mol. The van der Waals surface area contributed by atoms with Crippen LogP contribution in [0.25, 0.3) is 10.4 Å². The quantitative estimate of drug-likeness (QED) is 0.389. The summed E-state index contributed by atoms with van der Waals surface area (Å²) in [7, 11) is 0. The second-order valence-electron chi connectivity index (χ2n) is 3.29. The van der Waals surface area contributed by atoms with Crippen LogP contribution in [-0.2, 0) is 6.54 Å². The first kappa shape index (κ1) is 12.5. The van der Waals surface area contributed by atoms with Gasteiger partial charge in [0.25, 0.3) is 0 Å². The number of hydrogen-bond acceptors (Lipinski definition) is 1. The van der Waals surface area contributed by atoms with Gasteiger partial charge < -0.3 is 0 Å². The van der Waals surface area contributed by atoms with Gasteiger partial charge in [-0.2, -0.15) is 0 Å². The van der Waals surface area contributed by atoms with E-state index in [0.29, 0.717) is 12.5 Å². The SMILES string of the molecule is C.CC(C)c1ccc(CN=[N+]=[N-])cc1. The molecule has 76 valence electrons. The minimum Gasteiger partial charge on any atom is -0.0893 e. The van der Waals surface area contributed by atoms with Crippen LogP contribution < -0.4 is 0 Å². The van der Waals surface area contributed by atoms with Gasteiger partial charge in [0.1, 0.15) is 0 Å². The summed E-state index contributed by atoms with van der Waals surface area (Å²) >= 11 is 0. The number of benzene rings is 1. The van der Waals surface area contributed by atoms with Crippen molar-refractivity contribution < 1.29 is 0 Å². The van der Waals surface area contributed by atoms with E-state index in [0.717, 1.165) is 5.56 Å². The molecule has 1 aromatic carbocycles. The Kier molecular flexibility index (Phi) is 5.42. The Bertz CT molecular complexity index is 308. The Morgan fingerprint density at radius 3 is 2.29 bits per heavy atom. The molecule has 0 spiro atoms. The van der Waals surface area contributed by atoms with Gasteiger partial charge >= 0.3 is 0 Å². The molecule has 0 aliphatic heterocycles. The molecule has 0 aromatic heterocycles. The van der Waals surface area contributed by atoms with E-state index in [9.17, 15) is 0 Å². The Hall–Kier alpha value is -1.47. The van der Waals surface area contributed by atoms with E-state index in [1.165, 1.54) is 5.56 Å². The summed E-state index contributed by atoms with van der Waals surface area (Å²) in [5, 5.41) is 3.50. The summed E-state index contributed by atoms with van der Waals surface area (Å²) in [6, 6.07) is 8.16. The van der Waals surface area contributed by atoms with Crippen LogP contribution in [-0.4, -0.2) is 0 Å². The van der Waals surface area contributed by atoms with E-state index in [1.54, 1.807) is 0 Å². The zero-order valence-corrected chi connectivity index (χ0v) is 7.94. The predicted octanol–water partition coefficient (Wildman–Crippen LogP) is 4.26. The van der Waals surface area contributed by atoms with Gasteiger partial charge in [0.2, 0.25) is 0 Å². The molecule has 0 atom stereocenters. The normalized spacial score (nSPS) is 9.07. The van der Waals surface area contributed by atoms with Crippen LogP contribution in [0.5, 0.6) is 0 Å². The lowest BCUT2D eigenvalue weighted by molar-refractivity contribution is 0.864. The predicted molar refractivity (Wildman–Crippen MR) is 60.1 cm³/mol. The van der Waals surface area contributed by atoms with Crippen LogP contribution in [0, 0.1) is 0 Å². The summed E-state index contributed by atoms with van der Waals surface area (Å²) in [6.45, 7) is 4.75. The van der Waals surface area contributed by atoms with Crippen molar-refractivity contribution in [3.05, 3.63) is 45.8 Å². The molecule has 0 fully saturated rings. The van der Waals surface area contributed by atoms with E-state index in [2.05, 4.69) is 36.0 Å². The van der Waals surface area contributed by atoms with Gasteiger partial charge in [-0.05, 0) is 22.6 Å². The summed E-state index contributed by atoms with van der Waals surface area (Å²) in [5.41, 5.74) is 10.5. The van der Waals surface area contributed by atoms with Crippen molar-refractivity contribution in [3.8, 4) is 0 Å². The molecule has 3 nitrogen and oxygen atoms in total. The summed E-state index contributed by atoms with van der Waals surface area (Å²) in [5.74, 6) is 0.550. The van der Waals surface area contributed by atoms with Crippen molar-refractivity contribution in [2.24, 2.45) is 5.11 Å². The average molecular weight is 191 g/mol. The maximum Gasteiger partial charge on any atom is 0.0510 e. The smallest absolute Gasteiger partial charge is 0.0510 e. The zero-order valence-electron chi connectivity index (χ0n) is 7.94. The lowest BCUT2D eigenvalue weighted by Crippen LogP contribution is -1.87.